The molecular weight excluding hydrogens is 160 g/mol. The highest BCUT2D eigenvalue weighted by Gasteiger charge is 2.39. The largest absolute Gasteiger partial charge is 0.377 e. The highest BCUT2D eigenvalue weighted by Crippen LogP contribution is 2.35. The Hall–Kier alpha value is -0.820. The van der Waals surface area contributed by atoms with Crippen molar-refractivity contribution < 1.29 is 4.74 Å². The fourth-order valence-corrected chi connectivity index (χ4v) is 1.70. The van der Waals surface area contributed by atoms with Crippen LogP contribution in [0.25, 0.3) is 0 Å². The van der Waals surface area contributed by atoms with Crippen molar-refractivity contribution in [2.45, 2.75) is 26.4 Å². The van der Waals surface area contributed by atoms with Crippen LogP contribution in [0.1, 0.15) is 19.4 Å². The third-order valence-corrected chi connectivity index (χ3v) is 2.79. The minimum atomic E-state index is 0.371. The molecule has 1 saturated heterocycles. The molecule has 0 spiro atoms. The minimum absolute atomic E-state index is 0.371. The summed E-state index contributed by atoms with van der Waals surface area (Å²) in [4.78, 5) is 0. The first-order valence-corrected chi connectivity index (χ1v) is 4.84. The third kappa shape index (κ3) is 1.75. The predicted molar refractivity (Wildman–Crippen MR) is 53.7 cm³/mol. The summed E-state index contributed by atoms with van der Waals surface area (Å²) in [6.45, 7) is 5.44. The van der Waals surface area contributed by atoms with Crippen LogP contribution in [0.3, 0.4) is 0 Å². The molecule has 1 aliphatic rings. The van der Waals surface area contributed by atoms with Gasteiger partial charge in [0.05, 0.1) is 12.7 Å². The van der Waals surface area contributed by atoms with Crippen molar-refractivity contribution in [2.75, 3.05) is 6.61 Å². The zero-order valence-corrected chi connectivity index (χ0v) is 8.29. The predicted octanol–water partition coefficient (Wildman–Crippen LogP) is 2.65. The van der Waals surface area contributed by atoms with Gasteiger partial charge in [0.2, 0.25) is 0 Å². The van der Waals surface area contributed by atoms with Crippen LogP contribution in [0.2, 0.25) is 0 Å². The van der Waals surface area contributed by atoms with Crippen LogP contribution < -0.4 is 0 Å². The number of benzene rings is 1. The molecule has 0 radical (unpaired) electrons. The third-order valence-electron chi connectivity index (χ3n) is 2.79. The molecule has 1 aromatic carbocycles. The molecule has 70 valence electrons. The van der Waals surface area contributed by atoms with Gasteiger partial charge in [0.25, 0.3) is 0 Å². The Morgan fingerprint density at radius 2 is 2.00 bits per heavy atom. The highest BCUT2D eigenvalue weighted by molar-refractivity contribution is 5.16. The van der Waals surface area contributed by atoms with Crippen molar-refractivity contribution >= 4 is 0 Å². The Morgan fingerprint density at radius 1 is 1.31 bits per heavy atom. The average molecular weight is 176 g/mol. The molecule has 1 fully saturated rings. The molecule has 1 heteroatoms. The average Bonchev–Trinajstić information content (AvgIpc) is 2.15. The number of hydrogen-bond acceptors (Lipinski definition) is 1. The molecule has 1 unspecified atom stereocenters. The van der Waals surface area contributed by atoms with Crippen molar-refractivity contribution in [3.8, 4) is 0 Å². The molecule has 0 aromatic heterocycles. The molecule has 2 rings (SSSR count). The van der Waals surface area contributed by atoms with E-state index in [-0.39, 0.29) is 0 Å². The molecule has 0 aliphatic carbocycles. The van der Waals surface area contributed by atoms with E-state index < -0.39 is 0 Å². The first kappa shape index (κ1) is 8.76. The van der Waals surface area contributed by atoms with Crippen LogP contribution in [-0.2, 0) is 11.2 Å². The molecule has 0 N–H and O–H groups in total. The summed E-state index contributed by atoms with van der Waals surface area (Å²) >= 11 is 0. The molecule has 0 saturated carbocycles. The van der Waals surface area contributed by atoms with Gasteiger partial charge in [-0.3, -0.25) is 0 Å². The molecule has 1 heterocycles. The number of rotatable bonds is 2. The fourth-order valence-electron chi connectivity index (χ4n) is 1.70. The maximum atomic E-state index is 5.55. The van der Waals surface area contributed by atoms with E-state index in [0.717, 1.165) is 13.0 Å². The summed E-state index contributed by atoms with van der Waals surface area (Å²) in [7, 11) is 0. The van der Waals surface area contributed by atoms with Crippen molar-refractivity contribution in [1.29, 1.82) is 0 Å². The summed E-state index contributed by atoms with van der Waals surface area (Å²) in [6, 6.07) is 10.5. The van der Waals surface area contributed by atoms with E-state index >= 15 is 0 Å². The van der Waals surface area contributed by atoms with E-state index in [1.54, 1.807) is 0 Å². The van der Waals surface area contributed by atoms with Gasteiger partial charge < -0.3 is 4.74 Å². The monoisotopic (exact) mass is 176 g/mol. The van der Waals surface area contributed by atoms with Gasteiger partial charge >= 0.3 is 0 Å². The Labute approximate surface area is 79.7 Å². The molecule has 1 aromatic rings. The van der Waals surface area contributed by atoms with Crippen molar-refractivity contribution in [3.63, 3.8) is 0 Å². The maximum absolute atomic E-state index is 5.55. The summed E-state index contributed by atoms with van der Waals surface area (Å²) in [5.74, 6) is 0. The zero-order valence-electron chi connectivity index (χ0n) is 8.29. The topological polar surface area (TPSA) is 9.23 Å². The minimum Gasteiger partial charge on any atom is -0.377 e. The Balaban J connectivity index is 2.00. The van der Waals surface area contributed by atoms with Crippen LogP contribution in [0.5, 0.6) is 0 Å². The van der Waals surface area contributed by atoms with Crippen LogP contribution in [0, 0.1) is 5.41 Å². The molecule has 1 atom stereocenters. The summed E-state index contributed by atoms with van der Waals surface area (Å²) in [5, 5.41) is 0. The van der Waals surface area contributed by atoms with E-state index in [0.29, 0.717) is 11.5 Å². The fraction of sp³-hybridized carbons (Fsp3) is 0.500. The van der Waals surface area contributed by atoms with E-state index in [1.165, 1.54) is 5.56 Å². The normalized spacial score (nSPS) is 25.2. The summed E-state index contributed by atoms with van der Waals surface area (Å²) in [6.07, 6.45) is 1.46. The SMILES string of the molecule is CC1(C)COC1Cc1ccccc1. The Bertz CT molecular complexity index is 276. The van der Waals surface area contributed by atoms with Crippen LogP contribution in [0.15, 0.2) is 30.3 Å². The van der Waals surface area contributed by atoms with Gasteiger partial charge in [-0.15, -0.1) is 0 Å². The van der Waals surface area contributed by atoms with E-state index in [2.05, 4.69) is 44.2 Å². The lowest BCUT2D eigenvalue weighted by Gasteiger charge is -2.44. The summed E-state index contributed by atoms with van der Waals surface area (Å²) in [5.41, 5.74) is 1.75. The lowest BCUT2D eigenvalue weighted by atomic mass is 9.79. The lowest BCUT2D eigenvalue weighted by molar-refractivity contribution is -0.166. The first-order chi connectivity index (χ1) is 6.18. The zero-order chi connectivity index (χ0) is 9.31. The van der Waals surface area contributed by atoms with Gasteiger partial charge in [-0.2, -0.15) is 0 Å². The second-order valence-corrected chi connectivity index (χ2v) is 4.48. The first-order valence-electron chi connectivity index (χ1n) is 4.84. The van der Waals surface area contributed by atoms with Crippen molar-refractivity contribution in [3.05, 3.63) is 35.9 Å². The number of hydrogen-bond donors (Lipinski definition) is 0. The van der Waals surface area contributed by atoms with Gasteiger partial charge in [-0.05, 0) is 12.0 Å². The Morgan fingerprint density at radius 3 is 2.46 bits per heavy atom. The standard InChI is InChI=1S/C12H16O/c1-12(2)9-13-11(12)8-10-6-4-3-5-7-10/h3-7,11H,8-9H2,1-2H3. The molecular formula is C12H16O. The van der Waals surface area contributed by atoms with E-state index in [9.17, 15) is 0 Å². The number of ether oxygens (including phenoxy) is 1. The highest BCUT2D eigenvalue weighted by atomic mass is 16.5. The van der Waals surface area contributed by atoms with Gasteiger partial charge in [0.15, 0.2) is 0 Å². The van der Waals surface area contributed by atoms with Crippen LogP contribution in [0.4, 0.5) is 0 Å². The van der Waals surface area contributed by atoms with E-state index in [1.807, 2.05) is 0 Å². The molecule has 13 heavy (non-hydrogen) atoms. The molecule has 1 aliphatic heterocycles. The van der Waals surface area contributed by atoms with Gasteiger partial charge in [0.1, 0.15) is 0 Å². The quantitative estimate of drug-likeness (QED) is 0.673. The Kier molecular flexibility index (Phi) is 2.12. The van der Waals surface area contributed by atoms with Gasteiger partial charge in [-0.1, -0.05) is 44.2 Å². The van der Waals surface area contributed by atoms with Crippen LogP contribution >= 0.6 is 0 Å². The van der Waals surface area contributed by atoms with Gasteiger partial charge in [-0.25, -0.2) is 0 Å². The second-order valence-electron chi connectivity index (χ2n) is 4.48. The molecule has 0 amide bonds. The summed E-state index contributed by atoms with van der Waals surface area (Å²) < 4.78 is 5.55. The van der Waals surface area contributed by atoms with Crippen molar-refractivity contribution in [1.82, 2.24) is 0 Å². The smallest absolute Gasteiger partial charge is 0.0688 e. The van der Waals surface area contributed by atoms with Gasteiger partial charge in [0, 0.05) is 5.41 Å². The molecule has 1 nitrogen and oxygen atoms in total. The second kappa shape index (κ2) is 3.15. The lowest BCUT2D eigenvalue weighted by Crippen LogP contribution is -2.48. The maximum Gasteiger partial charge on any atom is 0.0688 e. The molecule has 0 bridgehead atoms. The van der Waals surface area contributed by atoms with Crippen LogP contribution in [-0.4, -0.2) is 12.7 Å². The van der Waals surface area contributed by atoms with Crippen molar-refractivity contribution in [2.24, 2.45) is 5.41 Å². The van der Waals surface area contributed by atoms with E-state index in [4.69, 9.17) is 4.74 Å².